The molecule has 0 unspecified atom stereocenters. The second-order valence-corrected chi connectivity index (χ2v) is 5.50. The van der Waals surface area contributed by atoms with Crippen molar-refractivity contribution in [3.8, 4) is 11.4 Å². The molecule has 0 saturated heterocycles. The molecule has 0 atom stereocenters. The Bertz CT molecular complexity index is 515. The maximum absolute atomic E-state index is 4.03. The van der Waals surface area contributed by atoms with E-state index in [4.69, 9.17) is 0 Å². The van der Waals surface area contributed by atoms with Crippen molar-refractivity contribution in [3.05, 3.63) is 24.3 Å². The van der Waals surface area contributed by atoms with Crippen LogP contribution < -0.4 is 5.32 Å². The zero-order chi connectivity index (χ0) is 13.6. The summed E-state index contributed by atoms with van der Waals surface area (Å²) in [5.41, 5.74) is 2.15. The molecule has 2 N–H and O–H groups in total. The molecule has 1 aliphatic carbocycles. The molecule has 1 aromatic heterocycles. The van der Waals surface area contributed by atoms with Crippen molar-refractivity contribution in [1.82, 2.24) is 20.6 Å². The fourth-order valence-corrected chi connectivity index (χ4v) is 2.87. The summed E-state index contributed by atoms with van der Waals surface area (Å²) in [5.74, 6) is 0.645. The van der Waals surface area contributed by atoms with Crippen LogP contribution in [0.5, 0.6) is 0 Å². The molecule has 0 spiro atoms. The van der Waals surface area contributed by atoms with Gasteiger partial charge in [0.1, 0.15) is 0 Å². The minimum atomic E-state index is 0.593. The maximum Gasteiger partial charge on any atom is 0.204 e. The van der Waals surface area contributed by atoms with E-state index in [0.717, 1.165) is 11.3 Å². The van der Waals surface area contributed by atoms with Gasteiger partial charge in [-0.25, -0.2) is 0 Å². The first-order valence-corrected chi connectivity index (χ1v) is 7.52. The van der Waals surface area contributed by atoms with Gasteiger partial charge in [0.15, 0.2) is 0 Å². The quantitative estimate of drug-likeness (QED) is 0.898. The molecule has 2 aromatic rings. The SMILES string of the molecule is c1cc(NC2CCCCCCC2)cc(-c2nn[nH]n2)c1. The van der Waals surface area contributed by atoms with Gasteiger partial charge < -0.3 is 5.32 Å². The number of rotatable bonds is 3. The smallest absolute Gasteiger partial charge is 0.204 e. The summed E-state index contributed by atoms with van der Waals surface area (Å²) in [6, 6.07) is 8.85. The Morgan fingerprint density at radius 1 is 1.05 bits per heavy atom. The first kappa shape index (κ1) is 13.1. The number of nitrogens with zero attached hydrogens (tertiary/aromatic N) is 3. The molecule has 1 fully saturated rings. The van der Waals surface area contributed by atoms with Gasteiger partial charge >= 0.3 is 0 Å². The Balaban J connectivity index is 1.69. The summed E-state index contributed by atoms with van der Waals surface area (Å²) >= 11 is 0. The van der Waals surface area contributed by atoms with Crippen molar-refractivity contribution in [1.29, 1.82) is 0 Å². The molecular weight excluding hydrogens is 250 g/mol. The second kappa shape index (κ2) is 6.50. The molecule has 5 heteroatoms. The van der Waals surface area contributed by atoms with E-state index in [9.17, 15) is 0 Å². The number of aromatic amines is 1. The molecule has 1 aliphatic rings. The molecule has 1 aromatic carbocycles. The van der Waals surface area contributed by atoms with Crippen LogP contribution in [0.1, 0.15) is 44.9 Å². The number of aromatic nitrogens is 4. The Labute approximate surface area is 119 Å². The summed E-state index contributed by atoms with van der Waals surface area (Å²) in [5, 5.41) is 17.8. The van der Waals surface area contributed by atoms with Crippen molar-refractivity contribution < 1.29 is 0 Å². The zero-order valence-electron chi connectivity index (χ0n) is 11.7. The lowest BCUT2D eigenvalue weighted by Gasteiger charge is -2.22. The van der Waals surface area contributed by atoms with Gasteiger partial charge in [-0.05, 0) is 30.2 Å². The number of hydrogen-bond donors (Lipinski definition) is 2. The Morgan fingerprint density at radius 3 is 2.60 bits per heavy atom. The largest absolute Gasteiger partial charge is 0.382 e. The van der Waals surface area contributed by atoms with Crippen molar-refractivity contribution in [2.24, 2.45) is 0 Å². The summed E-state index contributed by atoms with van der Waals surface area (Å²) in [7, 11) is 0. The van der Waals surface area contributed by atoms with Crippen LogP contribution in [0.4, 0.5) is 5.69 Å². The predicted octanol–water partition coefficient (Wildman–Crippen LogP) is 3.39. The standard InChI is InChI=1S/C15H21N5/c1-2-4-8-13(9-5-3-1)16-14-10-6-7-12(11-14)15-17-19-20-18-15/h6-7,10-11,13,16H,1-5,8-9H2,(H,17,18,19,20). The minimum Gasteiger partial charge on any atom is -0.382 e. The average Bonchev–Trinajstić information content (AvgIpc) is 2.96. The predicted molar refractivity (Wildman–Crippen MR) is 79.3 cm³/mol. The lowest BCUT2D eigenvalue weighted by molar-refractivity contribution is 0.471. The molecule has 106 valence electrons. The van der Waals surface area contributed by atoms with E-state index in [2.05, 4.69) is 38.1 Å². The highest BCUT2D eigenvalue weighted by Gasteiger charge is 2.11. The third-order valence-corrected chi connectivity index (χ3v) is 3.94. The molecule has 0 bridgehead atoms. The maximum atomic E-state index is 4.03. The van der Waals surface area contributed by atoms with E-state index in [1.54, 1.807) is 0 Å². The third-order valence-electron chi connectivity index (χ3n) is 3.94. The number of benzene rings is 1. The molecule has 1 heterocycles. The molecule has 0 radical (unpaired) electrons. The van der Waals surface area contributed by atoms with Gasteiger partial charge in [0.2, 0.25) is 5.82 Å². The highest BCUT2D eigenvalue weighted by atomic mass is 15.5. The molecule has 3 rings (SSSR count). The number of hydrogen-bond acceptors (Lipinski definition) is 4. The van der Waals surface area contributed by atoms with Crippen molar-refractivity contribution >= 4 is 5.69 Å². The van der Waals surface area contributed by atoms with E-state index in [0.29, 0.717) is 11.9 Å². The lowest BCUT2D eigenvalue weighted by atomic mass is 9.96. The van der Waals surface area contributed by atoms with Crippen LogP contribution in [0.25, 0.3) is 11.4 Å². The molecule has 5 nitrogen and oxygen atoms in total. The van der Waals surface area contributed by atoms with Crippen LogP contribution >= 0.6 is 0 Å². The summed E-state index contributed by atoms with van der Waals surface area (Å²) < 4.78 is 0. The van der Waals surface area contributed by atoms with Gasteiger partial charge in [-0.15, -0.1) is 10.2 Å². The summed E-state index contributed by atoms with van der Waals surface area (Å²) in [4.78, 5) is 0. The van der Waals surface area contributed by atoms with E-state index < -0.39 is 0 Å². The Hall–Kier alpha value is -1.91. The zero-order valence-corrected chi connectivity index (χ0v) is 11.7. The van der Waals surface area contributed by atoms with Gasteiger partial charge in [0.25, 0.3) is 0 Å². The van der Waals surface area contributed by atoms with Gasteiger partial charge in [-0.3, -0.25) is 0 Å². The minimum absolute atomic E-state index is 0.593. The third kappa shape index (κ3) is 3.35. The van der Waals surface area contributed by atoms with Crippen LogP contribution in [-0.2, 0) is 0 Å². The van der Waals surface area contributed by atoms with E-state index >= 15 is 0 Å². The Morgan fingerprint density at radius 2 is 1.85 bits per heavy atom. The summed E-state index contributed by atoms with van der Waals surface area (Å²) in [6.07, 6.45) is 9.37. The van der Waals surface area contributed by atoms with E-state index in [1.807, 2.05) is 12.1 Å². The molecular formula is C15H21N5. The van der Waals surface area contributed by atoms with Gasteiger partial charge in [-0.1, -0.05) is 44.2 Å². The van der Waals surface area contributed by atoms with Crippen molar-refractivity contribution in [3.63, 3.8) is 0 Å². The number of tetrazole rings is 1. The number of nitrogens with one attached hydrogen (secondary N) is 2. The van der Waals surface area contributed by atoms with E-state index in [1.165, 1.54) is 44.9 Å². The highest BCUT2D eigenvalue weighted by molar-refractivity contribution is 5.61. The fraction of sp³-hybridized carbons (Fsp3) is 0.533. The molecule has 20 heavy (non-hydrogen) atoms. The lowest BCUT2D eigenvalue weighted by Crippen LogP contribution is -2.20. The average molecular weight is 271 g/mol. The molecule has 0 amide bonds. The normalized spacial score (nSPS) is 17.4. The topological polar surface area (TPSA) is 66.5 Å². The van der Waals surface area contributed by atoms with Crippen molar-refractivity contribution in [2.75, 3.05) is 5.32 Å². The van der Waals surface area contributed by atoms with Crippen LogP contribution in [0, 0.1) is 0 Å². The van der Waals surface area contributed by atoms with Gasteiger partial charge in [0, 0.05) is 17.3 Å². The van der Waals surface area contributed by atoms with Crippen LogP contribution in [0.2, 0.25) is 0 Å². The Kier molecular flexibility index (Phi) is 4.25. The fourth-order valence-electron chi connectivity index (χ4n) is 2.87. The summed E-state index contributed by atoms with van der Waals surface area (Å²) in [6.45, 7) is 0. The van der Waals surface area contributed by atoms with Crippen LogP contribution in [0.3, 0.4) is 0 Å². The van der Waals surface area contributed by atoms with Crippen LogP contribution in [0.15, 0.2) is 24.3 Å². The van der Waals surface area contributed by atoms with Crippen molar-refractivity contribution in [2.45, 2.75) is 51.0 Å². The van der Waals surface area contributed by atoms with Gasteiger partial charge in [-0.2, -0.15) is 5.21 Å². The highest BCUT2D eigenvalue weighted by Crippen LogP contribution is 2.23. The number of H-pyrrole nitrogens is 1. The first-order valence-electron chi connectivity index (χ1n) is 7.52. The van der Waals surface area contributed by atoms with Crippen LogP contribution in [-0.4, -0.2) is 26.7 Å². The van der Waals surface area contributed by atoms with E-state index in [-0.39, 0.29) is 0 Å². The monoisotopic (exact) mass is 271 g/mol. The second-order valence-electron chi connectivity index (χ2n) is 5.50. The molecule has 0 aliphatic heterocycles. The first-order chi connectivity index (χ1) is 9.92. The molecule has 1 saturated carbocycles. The number of anilines is 1. The van der Waals surface area contributed by atoms with Gasteiger partial charge in [0.05, 0.1) is 0 Å².